The fourth-order valence-corrected chi connectivity index (χ4v) is 4.47. The van der Waals surface area contributed by atoms with Crippen LogP contribution in [-0.4, -0.2) is 22.5 Å². The van der Waals surface area contributed by atoms with E-state index in [-0.39, 0.29) is 11.9 Å². The highest BCUT2D eigenvalue weighted by atomic mass is 16.2. The van der Waals surface area contributed by atoms with E-state index in [2.05, 4.69) is 10.3 Å². The smallest absolute Gasteiger partial charge is 0.323 e. The molecule has 5 heteroatoms. The number of aromatic nitrogens is 1. The predicted octanol–water partition coefficient (Wildman–Crippen LogP) is 3.24. The zero-order valence-electron chi connectivity index (χ0n) is 13.4. The van der Waals surface area contributed by atoms with Gasteiger partial charge < -0.3 is 5.32 Å². The first-order valence-corrected chi connectivity index (χ1v) is 8.67. The first-order chi connectivity index (χ1) is 11.7. The van der Waals surface area contributed by atoms with Crippen molar-refractivity contribution in [3.63, 3.8) is 0 Å². The van der Waals surface area contributed by atoms with Crippen LogP contribution in [0.2, 0.25) is 0 Å². The fourth-order valence-electron chi connectivity index (χ4n) is 4.47. The van der Waals surface area contributed by atoms with Crippen molar-refractivity contribution in [2.24, 2.45) is 11.8 Å². The van der Waals surface area contributed by atoms with Crippen LogP contribution in [0.4, 0.5) is 10.5 Å². The van der Waals surface area contributed by atoms with Crippen molar-refractivity contribution in [1.82, 2.24) is 10.3 Å². The van der Waals surface area contributed by atoms with Gasteiger partial charge in [0.2, 0.25) is 0 Å². The maximum absolute atomic E-state index is 13.1. The van der Waals surface area contributed by atoms with Gasteiger partial charge in [0.25, 0.3) is 5.91 Å². The van der Waals surface area contributed by atoms with Crippen LogP contribution in [0.1, 0.15) is 32.1 Å². The molecule has 1 aliphatic heterocycles. The zero-order valence-corrected chi connectivity index (χ0v) is 13.4. The molecule has 1 N–H and O–H groups in total. The van der Waals surface area contributed by atoms with E-state index in [9.17, 15) is 9.59 Å². The highest BCUT2D eigenvalue weighted by Gasteiger charge is 2.60. The second-order valence-electron chi connectivity index (χ2n) is 7.39. The number of rotatable bonds is 2. The number of hydrogen-bond acceptors (Lipinski definition) is 3. The molecule has 3 aliphatic rings. The minimum atomic E-state index is -0.672. The van der Waals surface area contributed by atoms with Gasteiger partial charge in [-0.25, -0.2) is 9.69 Å². The van der Waals surface area contributed by atoms with Crippen LogP contribution in [0.15, 0.2) is 36.7 Å². The predicted molar refractivity (Wildman–Crippen MR) is 90.6 cm³/mol. The summed E-state index contributed by atoms with van der Waals surface area (Å²) in [6, 6.07) is 7.39. The topological polar surface area (TPSA) is 62.3 Å². The van der Waals surface area contributed by atoms with Crippen LogP contribution in [-0.2, 0) is 4.79 Å². The van der Waals surface area contributed by atoms with Crippen molar-refractivity contribution in [2.45, 2.75) is 37.6 Å². The summed E-state index contributed by atoms with van der Waals surface area (Å²) in [6.45, 7) is 0. The third-order valence-electron chi connectivity index (χ3n) is 6.09. The molecule has 2 aromatic rings. The van der Waals surface area contributed by atoms with Gasteiger partial charge in [0.15, 0.2) is 0 Å². The first-order valence-electron chi connectivity index (χ1n) is 8.67. The van der Waals surface area contributed by atoms with Crippen molar-refractivity contribution >= 4 is 28.4 Å². The molecule has 1 aromatic carbocycles. The highest BCUT2D eigenvalue weighted by molar-refractivity contribution is 6.26. The van der Waals surface area contributed by atoms with Crippen molar-refractivity contribution in [3.8, 4) is 0 Å². The molecule has 3 fully saturated rings. The Morgan fingerprint density at radius 1 is 1.08 bits per heavy atom. The van der Waals surface area contributed by atoms with Gasteiger partial charge in [0.1, 0.15) is 5.54 Å². The van der Waals surface area contributed by atoms with Gasteiger partial charge in [0.05, 0.1) is 11.9 Å². The minimum absolute atomic E-state index is 0.110. The molecule has 2 aliphatic carbocycles. The molecule has 0 radical (unpaired) electrons. The number of imide groups is 1. The maximum atomic E-state index is 13.1. The molecule has 122 valence electrons. The first kappa shape index (κ1) is 14.0. The third kappa shape index (κ3) is 1.78. The van der Waals surface area contributed by atoms with E-state index in [1.165, 1.54) is 24.2 Å². The Bertz CT molecular complexity index is 847. The Morgan fingerprint density at radius 3 is 2.62 bits per heavy atom. The largest absolute Gasteiger partial charge is 0.329 e. The summed E-state index contributed by atoms with van der Waals surface area (Å²) in [5.41, 5.74) is -0.0894. The van der Waals surface area contributed by atoms with Gasteiger partial charge in [-0.3, -0.25) is 9.78 Å². The number of pyridine rings is 1. The van der Waals surface area contributed by atoms with E-state index in [0.29, 0.717) is 11.6 Å². The van der Waals surface area contributed by atoms with Gasteiger partial charge in [-0.15, -0.1) is 0 Å². The molecule has 5 nitrogen and oxygen atoms in total. The van der Waals surface area contributed by atoms with Crippen molar-refractivity contribution in [1.29, 1.82) is 0 Å². The summed E-state index contributed by atoms with van der Waals surface area (Å²) < 4.78 is 0. The lowest BCUT2D eigenvalue weighted by molar-refractivity contribution is -0.128. The van der Waals surface area contributed by atoms with Gasteiger partial charge in [0, 0.05) is 17.0 Å². The lowest BCUT2D eigenvalue weighted by atomic mass is 9.58. The molecule has 3 amide bonds. The van der Waals surface area contributed by atoms with E-state index in [4.69, 9.17) is 0 Å². The van der Waals surface area contributed by atoms with Gasteiger partial charge in [-0.1, -0.05) is 43.5 Å². The second-order valence-corrected chi connectivity index (χ2v) is 7.39. The van der Waals surface area contributed by atoms with Gasteiger partial charge >= 0.3 is 6.03 Å². The van der Waals surface area contributed by atoms with E-state index < -0.39 is 5.54 Å². The van der Waals surface area contributed by atoms with Crippen LogP contribution in [0.25, 0.3) is 10.8 Å². The summed E-state index contributed by atoms with van der Waals surface area (Å²) in [7, 11) is 0. The molecule has 1 spiro atoms. The molecule has 0 unspecified atom stereocenters. The third-order valence-corrected chi connectivity index (χ3v) is 6.09. The summed E-state index contributed by atoms with van der Waals surface area (Å²) in [6.07, 6.45) is 8.81. The van der Waals surface area contributed by atoms with Crippen LogP contribution in [0, 0.1) is 11.8 Å². The number of anilines is 1. The van der Waals surface area contributed by atoms with E-state index in [1.807, 2.05) is 24.3 Å². The minimum Gasteiger partial charge on any atom is -0.323 e. The average Bonchev–Trinajstić information content (AvgIpc) is 2.76. The number of nitrogens with zero attached hydrogens (tertiary/aromatic N) is 2. The molecule has 0 atom stereocenters. The Kier molecular flexibility index (Phi) is 2.78. The lowest BCUT2D eigenvalue weighted by Gasteiger charge is -2.49. The van der Waals surface area contributed by atoms with Crippen molar-refractivity contribution in [2.75, 3.05) is 4.90 Å². The lowest BCUT2D eigenvalue weighted by Crippen LogP contribution is -2.59. The van der Waals surface area contributed by atoms with Crippen molar-refractivity contribution < 1.29 is 9.59 Å². The molecule has 2 heterocycles. The van der Waals surface area contributed by atoms with Gasteiger partial charge in [-0.2, -0.15) is 0 Å². The number of amides is 3. The number of fused-ring (bicyclic) bond motifs is 1. The van der Waals surface area contributed by atoms with Crippen molar-refractivity contribution in [3.05, 3.63) is 36.7 Å². The van der Waals surface area contributed by atoms with E-state index in [0.717, 1.165) is 29.5 Å². The maximum Gasteiger partial charge on any atom is 0.329 e. The Morgan fingerprint density at radius 2 is 1.88 bits per heavy atom. The number of nitrogens with one attached hydrogen (secondary N) is 1. The molecule has 1 aromatic heterocycles. The number of carbonyl (C=O) groups is 2. The summed E-state index contributed by atoms with van der Waals surface area (Å²) in [5, 5.41) is 4.78. The molecular formula is C19H19N3O2. The quantitative estimate of drug-likeness (QED) is 0.864. The number of hydrogen-bond donors (Lipinski definition) is 1. The normalized spacial score (nSPS) is 29.7. The zero-order chi connectivity index (χ0) is 16.3. The fraction of sp³-hybridized carbons (Fsp3) is 0.421. The SMILES string of the molecule is O=C1NC2(CC(C3CCC3)C2)C(=O)N1c1cncc2ccccc12. The standard InChI is InChI=1S/C19H19N3O2/c23-17-19(8-14(9-19)12-5-3-6-12)21-18(24)22(17)16-11-20-10-13-4-1-2-7-15(13)16/h1-2,4,7,10-12,14H,3,5-6,8-9H2,(H,21,24). The number of urea groups is 1. The molecule has 2 saturated carbocycles. The molecule has 5 rings (SSSR count). The van der Waals surface area contributed by atoms with E-state index >= 15 is 0 Å². The molecular weight excluding hydrogens is 302 g/mol. The van der Waals surface area contributed by atoms with Crippen LogP contribution in [0.5, 0.6) is 0 Å². The monoisotopic (exact) mass is 321 g/mol. The molecule has 1 saturated heterocycles. The highest BCUT2D eigenvalue weighted by Crippen LogP contribution is 2.51. The Labute approximate surface area is 140 Å². The summed E-state index contributed by atoms with van der Waals surface area (Å²) >= 11 is 0. The van der Waals surface area contributed by atoms with Crippen LogP contribution < -0.4 is 10.2 Å². The summed E-state index contributed by atoms with van der Waals surface area (Å²) in [4.78, 5) is 31.1. The van der Waals surface area contributed by atoms with Crippen LogP contribution in [0.3, 0.4) is 0 Å². The Balaban J connectivity index is 1.48. The second kappa shape index (κ2) is 4.79. The van der Waals surface area contributed by atoms with Crippen LogP contribution >= 0.6 is 0 Å². The molecule has 24 heavy (non-hydrogen) atoms. The molecule has 0 bridgehead atoms. The number of benzene rings is 1. The Hall–Kier alpha value is -2.43. The van der Waals surface area contributed by atoms with Gasteiger partial charge in [-0.05, 0) is 24.7 Å². The van der Waals surface area contributed by atoms with E-state index in [1.54, 1.807) is 12.4 Å². The summed E-state index contributed by atoms with van der Waals surface area (Å²) in [5.74, 6) is 1.24. The number of carbonyl (C=O) groups excluding carboxylic acids is 2. The average molecular weight is 321 g/mol.